The summed E-state index contributed by atoms with van der Waals surface area (Å²) >= 11 is 5.99. The Morgan fingerprint density at radius 2 is 1.67 bits per heavy atom. The van der Waals surface area contributed by atoms with Gasteiger partial charge in [-0.25, -0.2) is 4.99 Å². The van der Waals surface area contributed by atoms with Gasteiger partial charge in [-0.3, -0.25) is 4.79 Å². The number of hydrogen-bond acceptors (Lipinski definition) is 3. The highest BCUT2D eigenvalue weighted by atomic mass is 35.5. The van der Waals surface area contributed by atoms with E-state index in [4.69, 9.17) is 11.6 Å². The molecule has 0 aliphatic rings. The van der Waals surface area contributed by atoms with Gasteiger partial charge in [-0.1, -0.05) is 54.1 Å². The molecule has 0 radical (unpaired) electrons. The maximum atomic E-state index is 11.6. The van der Waals surface area contributed by atoms with E-state index < -0.39 is 0 Å². The Balaban J connectivity index is 1.99. The predicted molar refractivity (Wildman–Crippen MR) is 99.9 cm³/mol. The van der Waals surface area contributed by atoms with Crippen molar-refractivity contribution < 1.29 is 4.79 Å². The van der Waals surface area contributed by atoms with Crippen LogP contribution in [0, 0.1) is 0 Å². The molecule has 3 nitrogen and oxygen atoms in total. The molecule has 3 aromatic rings. The van der Waals surface area contributed by atoms with Crippen LogP contribution in [-0.4, -0.2) is 12.0 Å². The van der Waals surface area contributed by atoms with Gasteiger partial charge in [0.25, 0.3) is 0 Å². The van der Waals surface area contributed by atoms with Crippen molar-refractivity contribution in [3.8, 4) is 0 Å². The number of halogens is 1. The van der Waals surface area contributed by atoms with E-state index in [0.717, 1.165) is 23.2 Å². The number of aldehydes is 1. The van der Waals surface area contributed by atoms with Crippen molar-refractivity contribution in [3.63, 3.8) is 0 Å². The Morgan fingerprint density at radius 3 is 2.42 bits per heavy atom. The zero-order chi connectivity index (χ0) is 16.8. The van der Waals surface area contributed by atoms with Crippen molar-refractivity contribution in [1.29, 1.82) is 0 Å². The van der Waals surface area contributed by atoms with Crippen LogP contribution in [-0.2, 0) is 4.79 Å². The lowest BCUT2D eigenvalue weighted by Crippen LogP contribution is -2.06. The van der Waals surface area contributed by atoms with Crippen LogP contribution in [0.3, 0.4) is 0 Å². The predicted octanol–water partition coefficient (Wildman–Crippen LogP) is 5.40. The van der Waals surface area contributed by atoms with E-state index in [0.29, 0.717) is 16.4 Å². The number of para-hydroxylation sites is 2. The maximum absolute atomic E-state index is 11.6. The minimum absolute atomic E-state index is 0.344. The molecule has 1 N–H and O–H groups in total. The highest BCUT2D eigenvalue weighted by Crippen LogP contribution is 2.24. The average molecular weight is 335 g/mol. The number of nitrogens with one attached hydrogen (secondary N) is 1. The SMILES string of the molecule is O=C/C(=N\c1cccc(Cl)c1)c1ccccc1Nc1ccccc1. The molecule has 0 spiro atoms. The highest BCUT2D eigenvalue weighted by molar-refractivity contribution is 6.38. The van der Waals surface area contributed by atoms with Crippen LogP contribution in [0.1, 0.15) is 5.56 Å². The van der Waals surface area contributed by atoms with Crippen LogP contribution in [0.5, 0.6) is 0 Å². The van der Waals surface area contributed by atoms with Gasteiger partial charge in [-0.05, 0) is 36.4 Å². The van der Waals surface area contributed by atoms with Gasteiger partial charge >= 0.3 is 0 Å². The lowest BCUT2D eigenvalue weighted by atomic mass is 10.1. The normalized spacial score (nSPS) is 11.1. The van der Waals surface area contributed by atoms with Crippen LogP contribution in [0.25, 0.3) is 0 Å². The number of carbonyl (C=O) groups excluding carboxylic acids is 1. The molecule has 0 aliphatic carbocycles. The second-order valence-corrected chi connectivity index (χ2v) is 5.57. The molecule has 0 heterocycles. The van der Waals surface area contributed by atoms with Gasteiger partial charge in [-0.2, -0.15) is 0 Å². The lowest BCUT2D eigenvalue weighted by Gasteiger charge is -2.11. The summed E-state index contributed by atoms with van der Waals surface area (Å²) in [7, 11) is 0. The first-order chi connectivity index (χ1) is 11.8. The lowest BCUT2D eigenvalue weighted by molar-refractivity contribution is -0.102. The standard InChI is InChI=1S/C20H15ClN2O/c21-15-7-6-10-17(13-15)23-20(14-24)18-11-4-5-12-19(18)22-16-8-2-1-3-9-16/h1-14,22H/b23-20+. The summed E-state index contributed by atoms with van der Waals surface area (Å²) < 4.78 is 0. The maximum Gasteiger partial charge on any atom is 0.169 e. The van der Waals surface area contributed by atoms with E-state index in [2.05, 4.69) is 10.3 Å². The van der Waals surface area contributed by atoms with E-state index in [9.17, 15) is 4.79 Å². The van der Waals surface area contributed by atoms with Crippen LogP contribution >= 0.6 is 11.6 Å². The molecule has 3 aromatic carbocycles. The first-order valence-corrected chi connectivity index (χ1v) is 7.85. The van der Waals surface area contributed by atoms with Gasteiger partial charge in [0.2, 0.25) is 0 Å². The highest BCUT2D eigenvalue weighted by Gasteiger charge is 2.09. The third-order valence-corrected chi connectivity index (χ3v) is 3.66. The minimum atomic E-state index is 0.344. The first-order valence-electron chi connectivity index (χ1n) is 7.47. The van der Waals surface area contributed by atoms with Crippen LogP contribution in [0.4, 0.5) is 17.1 Å². The molecule has 0 atom stereocenters. The fourth-order valence-electron chi connectivity index (χ4n) is 2.33. The molecule has 0 saturated carbocycles. The van der Waals surface area contributed by atoms with Crippen molar-refractivity contribution >= 4 is 40.7 Å². The van der Waals surface area contributed by atoms with Gasteiger partial charge in [-0.15, -0.1) is 0 Å². The fraction of sp³-hybridized carbons (Fsp3) is 0. The number of nitrogens with zero attached hydrogens (tertiary/aromatic N) is 1. The van der Waals surface area contributed by atoms with Crippen LogP contribution in [0.15, 0.2) is 83.9 Å². The van der Waals surface area contributed by atoms with Gasteiger partial charge < -0.3 is 5.32 Å². The molecule has 0 amide bonds. The van der Waals surface area contributed by atoms with E-state index in [1.165, 1.54) is 0 Å². The molecule has 24 heavy (non-hydrogen) atoms. The zero-order valence-electron chi connectivity index (χ0n) is 12.8. The van der Waals surface area contributed by atoms with Gasteiger partial charge in [0.15, 0.2) is 6.29 Å². The molecule has 0 saturated heterocycles. The van der Waals surface area contributed by atoms with E-state index >= 15 is 0 Å². The van der Waals surface area contributed by atoms with Gasteiger partial charge in [0.1, 0.15) is 5.71 Å². The topological polar surface area (TPSA) is 41.5 Å². The van der Waals surface area contributed by atoms with Crippen molar-refractivity contribution in [2.45, 2.75) is 0 Å². The van der Waals surface area contributed by atoms with Gasteiger partial charge in [0, 0.05) is 22.0 Å². The Morgan fingerprint density at radius 1 is 0.917 bits per heavy atom. The van der Waals surface area contributed by atoms with E-state index in [1.54, 1.807) is 18.2 Å². The number of aliphatic imine (C=N–C) groups is 1. The van der Waals surface area contributed by atoms with Crippen molar-refractivity contribution in [2.24, 2.45) is 4.99 Å². The molecule has 0 unspecified atom stereocenters. The molecule has 4 heteroatoms. The first kappa shape index (κ1) is 16.0. The second-order valence-electron chi connectivity index (χ2n) is 5.13. The summed E-state index contributed by atoms with van der Waals surface area (Å²) in [5.41, 5.74) is 3.47. The number of hydrogen-bond donors (Lipinski definition) is 1. The summed E-state index contributed by atoms with van der Waals surface area (Å²) in [4.78, 5) is 16.0. The number of benzene rings is 3. The molecule has 0 bridgehead atoms. The third-order valence-electron chi connectivity index (χ3n) is 3.43. The molecular weight excluding hydrogens is 320 g/mol. The largest absolute Gasteiger partial charge is 0.355 e. The van der Waals surface area contributed by atoms with E-state index in [1.807, 2.05) is 60.7 Å². The van der Waals surface area contributed by atoms with Crippen molar-refractivity contribution in [3.05, 3.63) is 89.4 Å². The molecular formula is C20H15ClN2O. The average Bonchev–Trinajstić information content (AvgIpc) is 2.61. The minimum Gasteiger partial charge on any atom is -0.355 e. The van der Waals surface area contributed by atoms with Crippen molar-refractivity contribution in [1.82, 2.24) is 0 Å². The van der Waals surface area contributed by atoms with Crippen molar-refractivity contribution in [2.75, 3.05) is 5.32 Å². The fourth-order valence-corrected chi connectivity index (χ4v) is 2.51. The smallest absolute Gasteiger partial charge is 0.169 e. The van der Waals surface area contributed by atoms with Crippen LogP contribution < -0.4 is 5.32 Å². The number of carbonyl (C=O) groups is 1. The Bertz CT molecular complexity index is 876. The molecule has 118 valence electrons. The molecule has 3 rings (SSSR count). The van der Waals surface area contributed by atoms with Gasteiger partial charge in [0.05, 0.1) is 5.69 Å². The monoisotopic (exact) mass is 334 g/mol. The molecule has 0 fully saturated rings. The zero-order valence-corrected chi connectivity index (χ0v) is 13.6. The summed E-state index contributed by atoms with van der Waals surface area (Å²) in [5.74, 6) is 0. The Kier molecular flexibility index (Phi) is 5.04. The molecule has 0 aromatic heterocycles. The quantitative estimate of drug-likeness (QED) is 0.501. The Hall–Kier alpha value is -2.91. The van der Waals surface area contributed by atoms with E-state index in [-0.39, 0.29) is 0 Å². The summed E-state index contributed by atoms with van der Waals surface area (Å²) in [6, 6.07) is 24.5. The summed E-state index contributed by atoms with van der Waals surface area (Å²) in [6.07, 6.45) is 0.756. The van der Waals surface area contributed by atoms with Crippen LogP contribution in [0.2, 0.25) is 5.02 Å². The third kappa shape index (κ3) is 3.89. The number of rotatable bonds is 5. The second kappa shape index (κ2) is 7.57. The number of anilines is 2. The molecule has 0 aliphatic heterocycles. The summed E-state index contributed by atoms with van der Waals surface area (Å²) in [6.45, 7) is 0. The summed E-state index contributed by atoms with van der Waals surface area (Å²) in [5, 5.41) is 3.90. The Labute approximate surface area is 145 Å².